The summed E-state index contributed by atoms with van der Waals surface area (Å²) in [5, 5.41) is 0. The van der Waals surface area contributed by atoms with Gasteiger partial charge in [0.1, 0.15) is 0 Å². The highest BCUT2D eigenvalue weighted by Gasteiger charge is 2.20. The number of ether oxygens (including phenoxy) is 1. The van der Waals surface area contributed by atoms with Crippen LogP contribution in [-0.2, 0) is 4.74 Å². The van der Waals surface area contributed by atoms with Crippen LogP contribution in [0.1, 0.15) is 52.4 Å². The molecule has 0 aliphatic heterocycles. The molecule has 0 fully saturated rings. The Morgan fingerprint density at radius 1 is 0.652 bits per heavy atom. The second kappa shape index (κ2) is 16.3. The molecule has 0 heterocycles. The summed E-state index contributed by atoms with van der Waals surface area (Å²) in [6.07, 6.45) is 7.39. The van der Waals surface area contributed by atoms with E-state index in [-0.39, 0.29) is 0 Å². The van der Waals surface area contributed by atoms with Crippen molar-refractivity contribution in [3.05, 3.63) is 0 Å². The average Bonchev–Trinajstić information content (AvgIpc) is 2.56. The molecule has 0 aromatic rings. The van der Waals surface area contributed by atoms with Gasteiger partial charge in [-0.2, -0.15) is 0 Å². The van der Waals surface area contributed by atoms with Gasteiger partial charge in [0.2, 0.25) is 0 Å². The molecule has 0 amide bonds. The summed E-state index contributed by atoms with van der Waals surface area (Å²) in [6.45, 7) is 6.00. The molecule has 0 aromatic carbocycles. The molecule has 1 nitrogen and oxygen atoms in total. The molecule has 23 heavy (non-hydrogen) atoms. The Hall–Kier alpha value is 3.34. The standard InChI is InChI=1S/C16H28Br4I2O/c1-3-11(21)5-7-13(17)15(19)9-23-10-16(20)14(18)8-6-12(22)4-2/h11-16H,3-10H2,1-2H3. The second-order valence-electron chi connectivity index (χ2n) is 5.77. The molecule has 0 aromatic heterocycles. The Morgan fingerprint density at radius 2 is 1.00 bits per heavy atom. The van der Waals surface area contributed by atoms with Crippen LogP contribution >= 0.6 is 109 Å². The lowest BCUT2D eigenvalue weighted by molar-refractivity contribution is 0.137. The van der Waals surface area contributed by atoms with Crippen LogP contribution in [0.25, 0.3) is 0 Å². The summed E-state index contributed by atoms with van der Waals surface area (Å²) in [6, 6.07) is 0. The van der Waals surface area contributed by atoms with Gasteiger partial charge in [-0.3, -0.25) is 0 Å². The van der Waals surface area contributed by atoms with Crippen LogP contribution in [0, 0.1) is 0 Å². The molecule has 0 aliphatic rings. The van der Waals surface area contributed by atoms with Crippen molar-refractivity contribution in [2.24, 2.45) is 0 Å². The summed E-state index contributed by atoms with van der Waals surface area (Å²) >= 11 is 20.2. The van der Waals surface area contributed by atoms with Gasteiger partial charge in [0.15, 0.2) is 0 Å². The van der Waals surface area contributed by atoms with Crippen molar-refractivity contribution in [1.29, 1.82) is 0 Å². The minimum absolute atomic E-state index is 0.371. The quantitative estimate of drug-likeness (QED) is 0.128. The third-order valence-corrected chi connectivity index (χ3v) is 12.2. The van der Waals surface area contributed by atoms with E-state index in [1.807, 2.05) is 0 Å². The molecule has 0 radical (unpaired) electrons. The lowest BCUT2D eigenvalue weighted by atomic mass is 10.1. The van der Waals surface area contributed by atoms with Gasteiger partial charge in [0.25, 0.3) is 0 Å². The third kappa shape index (κ3) is 14.1. The zero-order chi connectivity index (χ0) is 17.8. The molecule has 0 bridgehead atoms. The first-order valence-electron chi connectivity index (χ1n) is 8.23. The zero-order valence-electron chi connectivity index (χ0n) is 13.8. The maximum Gasteiger partial charge on any atom is 0.0602 e. The van der Waals surface area contributed by atoms with Crippen molar-refractivity contribution >= 4 is 109 Å². The Balaban J connectivity index is 3.85. The van der Waals surface area contributed by atoms with Crippen LogP contribution in [0.5, 0.6) is 0 Å². The second-order valence-corrected chi connectivity index (χ2v) is 14.0. The van der Waals surface area contributed by atoms with E-state index in [2.05, 4.69) is 123 Å². The van der Waals surface area contributed by atoms with Gasteiger partial charge in [0, 0.05) is 17.5 Å². The van der Waals surface area contributed by atoms with E-state index >= 15 is 0 Å². The number of rotatable bonds is 14. The Kier molecular flexibility index (Phi) is 18.7. The van der Waals surface area contributed by atoms with E-state index in [0.717, 1.165) is 21.1 Å². The van der Waals surface area contributed by atoms with E-state index in [4.69, 9.17) is 4.74 Å². The van der Waals surface area contributed by atoms with Crippen LogP contribution in [0.2, 0.25) is 0 Å². The fourth-order valence-corrected chi connectivity index (χ4v) is 4.41. The van der Waals surface area contributed by atoms with Crippen LogP contribution < -0.4 is 0 Å². The molecular formula is C16H28Br4I2O. The Labute approximate surface area is 203 Å². The number of alkyl halides is 6. The first kappa shape index (κ1) is 26.3. The largest absolute Gasteiger partial charge is 0.379 e. The number of halogens is 6. The maximum atomic E-state index is 5.91. The van der Waals surface area contributed by atoms with Gasteiger partial charge in [-0.25, -0.2) is 0 Å². The smallest absolute Gasteiger partial charge is 0.0602 e. The fourth-order valence-electron chi connectivity index (χ4n) is 1.95. The van der Waals surface area contributed by atoms with Crippen molar-refractivity contribution in [2.45, 2.75) is 79.5 Å². The normalized spacial score (nSPS) is 19.8. The maximum absolute atomic E-state index is 5.91. The summed E-state index contributed by atoms with van der Waals surface area (Å²) in [7, 11) is 0. The molecule has 140 valence electrons. The van der Waals surface area contributed by atoms with Crippen molar-refractivity contribution < 1.29 is 4.74 Å². The molecule has 0 aliphatic carbocycles. The number of hydrogen-bond acceptors (Lipinski definition) is 1. The van der Waals surface area contributed by atoms with Crippen molar-refractivity contribution in [1.82, 2.24) is 0 Å². The predicted molar refractivity (Wildman–Crippen MR) is 136 cm³/mol. The lowest BCUT2D eigenvalue weighted by Gasteiger charge is -2.21. The van der Waals surface area contributed by atoms with Crippen molar-refractivity contribution in [2.75, 3.05) is 13.2 Å². The Morgan fingerprint density at radius 3 is 1.30 bits per heavy atom. The minimum atomic E-state index is 0.371. The van der Waals surface area contributed by atoms with Gasteiger partial charge in [-0.1, -0.05) is 123 Å². The highest BCUT2D eigenvalue weighted by molar-refractivity contribution is 14.1. The summed E-state index contributed by atoms with van der Waals surface area (Å²) in [5.41, 5.74) is 0. The first-order chi connectivity index (χ1) is 10.8. The summed E-state index contributed by atoms with van der Waals surface area (Å²) in [4.78, 5) is 1.69. The third-order valence-electron chi connectivity index (χ3n) is 3.74. The van der Waals surface area contributed by atoms with Crippen LogP contribution in [-0.4, -0.2) is 40.4 Å². The monoisotopic (exact) mass is 806 g/mol. The fraction of sp³-hybridized carbons (Fsp3) is 1.00. The Bertz CT molecular complexity index is 261. The van der Waals surface area contributed by atoms with Crippen LogP contribution in [0.4, 0.5) is 0 Å². The minimum Gasteiger partial charge on any atom is -0.379 e. The van der Waals surface area contributed by atoms with Gasteiger partial charge < -0.3 is 4.74 Å². The van der Waals surface area contributed by atoms with E-state index in [0.29, 0.717) is 19.3 Å². The average molecular weight is 810 g/mol. The molecule has 0 spiro atoms. The predicted octanol–water partition coefficient (Wildman–Crippen LogP) is 8.04. The van der Waals surface area contributed by atoms with Crippen molar-refractivity contribution in [3.8, 4) is 0 Å². The molecule has 7 heteroatoms. The van der Waals surface area contributed by atoms with Gasteiger partial charge >= 0.3 is 0 Å². The molecule has 6 atom stereocenters. The summed E-state index contributed by atoms with van der Waals surface area (Å²) < 4.78 is 7.46. The van der Waals surface area contributed by atoms with E-state index in [9.17, 15) is 0 Å². The molecule has 0 N–H and O–H groups in total. The van der Waals surface area contributed by atoms with Gasteiger partial charge in [-0.05, 0) is 38.5 Å². The van der Waals surface area contributed by atoms with E-state index in [1.54, 1.807) is 0 Å². The number of hydrogen-bond donors (Lipinski definition) is 0. The van der Waals surface area contributed by atoms with E-state index < -0.39 is 0 Å². The van der Waals surface area contributed by atoms with Crippen LogP contribution in [0.15, 0.2) is 0 Å². The van der Waals surface area contributed by atoms with Crippen LogP contribution in [0.3, 0.4) is 0 Å². The van der Waals surface area contributed by atoms with E-state index in [1.165, 1.54) is 38.5 Å². The molecule has 0 rings (SSSR count). The molecule has 0 saturated heterocycles. The highest BCUT2D eigenvalue weighted by atomic mass is 127. The molecule has 0 saturated carbocycles. The highest BCUT2D eigenvalue weighted by Crippen LogP contribution is 2.26. The van der Waals surface area contributed by atoms with Gasteiger partial charge in [0.05, 0.1) is 22.9 Å². The SMILES string of the molecule is CCC(I)CCC(Br)C(Br)COCC(Br)C(Br)CCC(I)CC. The molecular weight excluding hydrogens is 782 g/mol. The topological polar surface area (TPSA) is 9.23 Å². The first-order valence-corrected chi connectivity index (χ1v) is 14.4. The zero-order valence-corrected chi connectivity index (χ0v) is 24.5. The summed E-state index contributed by atoms with van der Waals surface area (Å²) in [5.74, 6) is 0. The molecule has 6 unspecified atom stereocenters. The lowest BCUT2D eigenvalue weighted by Crippen LogP contribution is -2.26. The van der Waals surface area contributed by atoms with Gasteiger partial charge in [-0.15, -0.1) is 0 Å². The van der Waals surface area contributed by atoms with Crippen molar-refractivity contribution in [3.63, 3.8) is 0 Å².